The minimum atomic E-state index is -1.16. The number of amides is 2. The van der Waals surface area contributed by atoms with Crippen molar-refractivity contribution in [2.45, 2.75) is 32.7 Å². The van der Waals surface area contributed by atoms with Gasteiger partial charge in [-0.25, -0.2) is 14.0 Å². The fourth-order valence-electron chi connectivity index (χ4n) is 2.05. The van der Waals surface area contributed by atoms with Gasteiger partial charge in [-0.15, -0.1) is 0 Å². The summed E-state index contributed by atoms with van der Waals surface area (Å²) in [5, 5.41) is 11.4. The summed E-state index contributed by atoms with van der Waals surface area (Å²) in [5.74, 6) is -1.29. The fraction of sp³-hybridized carbons (Fsp3) is 0.467. The monoisotopic (exact) mass is 294 g/mol. The van der Waals surface area contributed by atoms with Gasteiger partial charge in [-0.05, 0) is 50.8 Å². The number of carbonyl (C=O) groups is 2. The highest BCUT2D eigenvalue weighted by Gasteiger charge is 2.28. The van der Waals surface area contributed by atoms with Crippen molar-refractivity contribution in [3.05, 3.63) is 29.6 Å². The van der Waals surface area contributed by atoms with Crippen LogP contribution in [-0.2, 0) is 0 Å². The first kappa shape index (κ1) is 15.3. The van der Waals surface area contributed by atoms with Crippen molar-refractivity contribution in [3.63, 3.8) is 0 Å². The molecule has 0 atom stereocenters. The Balaban J connectivity index is 2.13. The van der Waals surface area contributed by atoms with Crippen LogP contribution in [0.5, 0.6) is 0 Å². The number of rotatable bonds is 5. The fourth-order valence-corrected chi connectivity index (χ4v) is 2.05. The maximum atomic E-state index is 13.7. The van der Waals surface area contributed by atoms with Crippen molar-refractivity contribution < 1.29 is 19.1 Å². The van der Waals surface area contributed by atoms with Crippen LogP contribution in [0.3, 0.4) is 0 Å². The molecule has 0 saturated heterocycles. The van der Waals surface area contributed by atoms with Gasteiger partial charge in [0.25, 0.3) is 0 Å². The molecule has 0 unspecified atom stereocenters. The molecule has 0 heterocycles. The molecule has 1 saturated carbocycles. The van der Waals surface area contributed by atoms with Gasteiger partial charge in [0.15, 0.2) is 0 Å². The predicted molar refractivity (Wildman–Crippen MR) is 76.9 cm³/mol. The molecule has 0 aliphatic heterocycles. The number of carboxylic acids is 1. The number of nitrogens with one attached hydrogen (secondary N) is 1. The van der Waals surface area contributed by atoms with Gasteiger partial charge in [0.2, 0.25) is 0 Å². The van der Waals surface area contributed by atoms with Gasteiger partial charge < -0.3 is 15.3 Å². The Hall–Kier alpha value is -2.11. The molecule has 1 aromatic carbocycles. The second-order valence-electron chi connectivity index (χ2n) is 5.62. The minimum absolute atomic E-state index is 0.00341. The molecule has 1 aromatic rings. The van der Waals surface area contributed by atoms with Crippen LogP contribution >= 0.6 is 0 Å². The number of urea groups is 1. The number of hydrogen-bond acceptors (Lipinski definition) is 2. The Bertz CT molecular complexity index is 556. The summed E-state index contributed by atoms with van der Waals surface area (Å²) < 4.78 is 13.7. The van der Waals surface area contributed by atoms with Crippen molar-refractivity contribution >= 4 is 17.7 Å². The molecular weight excluding hydrogens is 275 g/mol. The number of benzene rings is 1. The van der Waals surface area contributed by atoms with E-state index in [1.54, 1.807) is 4.90 Å². The van der Waals surface area contributed by atoms with Gasteiger partial charge in [0.1, 0.15) is 5.82 Å². The van der Waals surface area contributed by atoms with Gasteiger partial charge in [-0.2, -0.15) is 0 Å². The van der Waals surface area contributed by atoms with E-state index >= 15 is 0 Å². The lowest BCUT2D eigenvalue weighted by Gasteiger charge is -2.27. The molecule has 6 heteroatoms. The van der Waals surface area contributed by atoms with Gasteiger partial charge in [0.05, 0.1) is 11.3 Å². The second-order valence-corrected chi connectivity index (χ2v) is 5.62. The first-order chi connectivity index (χ1) is 9.88. The number of hydrogen-bond donors (Lipinski definition) is 2. The first-order valence-corrected chi connectivity index (χ1v) is 6.99. The van der Waals surface area contributed by atoms with Gasteiger partial charge in [-0.3, -0.25) is 0 Å². The molecular formula is C15H19FN2O3. The SMILES string of the molecule is CC(C)N(CC1CC1)C(=O)Nc1cc(C(=O)O)ccc1F. The van der Waals surface area contributed by atoms with Crippen LogP contribution in [0, 0.1) is 11.7 Å². The van der Waals surface area contributed by atoms with Crippen LogP contribution in [0.1, 0.15) is 37.0 Å². The molecule has 2 rings (SSSR count). The van der Waals surface area contributed by atoms with E-state index in [0.29, 0.717) is 12.5 Å². The number of carboxylic acid groups (broad SMARTS) is 1. The van der Waals surface area contributed by atoms with E-state index in [-0.39, 0.29) is 17.3 Å². The Labute approximate surface area is 122 Å². The van der Waals surface area contributed by atoms with Gasteiger partial charge in [0, 0.05) is 12.6 Å². The third-order valence-corrected chi connectivity index (χ3v) is 3.49. The largest absolute Gasteiger partial charge is 0.478 e. The summed E-state index contributed by atoms with van der Waals surface area (Å²) in [7, 11) is 0. The summed E-state index contributed by atoms with van der Waals surface area (Å²) in [6.45, 7) is 4.43. The topological polar surface area (TPSA) is 69.6 Å². The zero-order valence-electron chi connectivity index (χ0n) is 12.1. The highest BCUT2D eigenvalue weighted by atomic mass is 19.1. The molecule has 0 spiro atoms. The van der Waals surface area contributed by atoms with E-state index < -0.39 is 17.8 Å². The minimum Gasteiger partial charge on any atom is -0.478 e. The van der Waals surface area contributed by atoms with E-state index in [1.165, 1.54) is 0 Å². The third kappa shape index (κ3) is 3.93. The molecule has 0 aromatic heterocycles. The standard InChI is InChI=1S/C15H19FN2O3/c1-9(2)18(8-10-3-4-10)15(21)17-13-7-11(14(19)20)5-6-12(13)16/h5-7,9-10H,3-4,8H2,1-2H3,(H,17,21)(H,19,20). The lowest BCUT2D eigenvalue weighted by Crippen LogP contribution is -2.41. The van der Waals surface area contributed by atoms with E-state index in [1.807, 2.05) is 13.8 Å². The van der Waals surface area contributed by atoms with Crippen LogP contribution in [-0.4, -0.2) is 34.6 Å². The summed E-state index contributed by atoms with van der Waals surface area (Å²) in [5.41, 5.74) is -0.175. The number of aromatic carboxylic acids is 1. The van der Waals surface area contributed by atoms with E-state index in [0.717, 1.165) is 31.0 Å². The van der Waals surface area contributed by atoms with Gasteiger partial charge in [-0.1, -0.05) is 0 Å². The smallest absolute Gasteiger partial charge is 0.335 e. The van der Waals surface area contributed by atoms with E-state index in [9.17, 15) is 14.0 Å². The average molecular weight is 294 g/mol. The molecule has 2 amide bonds. The zero-order valence-corrected chi connectivity index (χ0v) is 12.1. The molecule has 5 nitrogen and oxygen atoms in total. The molecule has 1 aliphatic carbocycles. The van der Waals surface area contributed by atoms with E-state index in [4.69, 9.17) is 5.11 Å². The number of anilines is 1. The zero-order chi connectivity index (χ0) is 15.6. The first-order valence-electron chi connectivity index (χ1n) is 6.99. The predicted octanol–water partition coefficient (Wildman–Crippen LogP) is 3.18. The van der Waals surface area contributed by atoms with Crippen molar-refractivity contribution in [1.82, 2.24) is 4.90 Å². The molecule has 114 valence electrons. The maximum Gasteiger partial charge on any atom is 0.335 e. The van der Waals surface area contributed by atoms with Crippen molar-refractivity contribution in [2.75, 3.05) is 11.9 Å². The summed E-state index contributed by atoms with van der Waals surface area (Å²) in [4.78, 5) is 24.8. The Morgan fingerprint density at radius 3 is 2.62 bits per heavy atom. The Kier molecular flexibility index (Phi) is 4.45. The second kappa shape index (κ2) is 6.11. The van der Waals surface area contributed by atoms with Crippen LogP contribution < -0.4 is 5.32 Å². The molecule has 0 bridgehead atoms. The summed E-state index contributed by atoms with van der Waals surface area (Å²) in [6.07, 6.45) is 2.22. The van der Waals surface area contributed by atoms with Crippen LogP contribution in [0.4, 0.5) is 14.9 Å². The van der Waals surface area contributed by atoms with E-state index in [2.05, 4.69) is 5.32 Å². The quantitative estimate of drug-likeness (QED) is 0.876. The lowest BCUT2D eigenvalue weighted by molar-refractivity contribution is 0.0697. The number of carbonyl (C=O) groups excluding carboxylic acids is 1. The lowest BCUT2D eigenvalue weighted by atomic mass is 10.2. The number of halogens is 1. The van der Waals surface area contributed by atoms with Gasteiger partial charge >= 0.3 is 12.0 Å². The highest BCUT2D eigenvalue weighted by Crippen LogP contribution is 2.30. The molecule has 21 heavy (non-hydrogen) atoms. The molecule has 1 fully saturated rings. The number of nitrogens with zero attached hydrogens (tertiary/aromatic N) is 1. The Morgan fingerprint density at radius 1 is 1.43 bits per heavy atom. The molecule has 0 radical (unpaired) electrons. The van der Waals surface area contributed by atoms with Crippen LogP contribution in [0.2, 0.25) is 0 Å². The maximum absolute atomic E-state index is 13.7. The van der Waals surface area contributed by atoms with Crippen molar-refractivity contribution in [3.8, 4) is 0 Å². The summed E-state index contributed by atoms with van der Waals surface area (Å²) >= 11 is 0. The molecule has 2 N–H and O–H groups in total. The third-order valence-electron chi connectivity index (χ3n) is 3.49. The Morgan fingerprint density at radius 2 is 2.10 bits per heavy atom. The summed E-state index contributed by atoms with van der Waals surface area (Å²) in [6, 6.07) is 2.93. The normalized spacial score (nSPS) is 14.1. The highest BCUT2D eigenvalue weighted by molar-refractivity contribution is 5.93. The van der Waals surface area contributed by atoms with Crippen LogP contribution in [0.15, 0.2) is 18.2 Å². The van der Waals surface area contributed by atoms with Crippen molar-refractivity contribution in [2.24, 2.45) is 5.92 Å². The van der Waals surface area contributed by atoms with Crippen molar-refractivity contribution in [1.29, 1.82) is 0 Å². The average Bonchev–Trinajstić information content (AvgIpc) is 3.21. The molecule has 1 aliphatic rings. The van der Waals surface area contributed by atoms with Crippen LogP contribution in [0.25, 0.3) is 0 Å².